The Hall–Kier alpha value is -7.86. The molecule has 0 saturated carbocycles. The van der Waals surface area contributed by atoms with Crippen LogP contribution in [-0.4, -0.2) is 39.9 Å². The van der Waals surface area contributed by atoms with Gasteiger partial charge in [0.25, 0.3) is 0 Å². The molecular weight excluding hydrogens is 828 g/mol. The number of benzene rings is 5. The molecule has 0 fully saturated rings. The Labute approximate surface area is 356 Å². The van der Waals surface area contributed by atoms with Gasteiger partial charge < -0.3 is 5.73 Å². The molecule has 12 rings (SSSR count). The molecule has 0 aliphatic carbocycles. The van der Waals surface area contributed by atoms with Gasteiger partial charge >= 0.3 is 0 Å². The Morgan fingerprint density at radius 3 is 1.18 bits per heavy atom. The molecule has 12 aromatic rings. The molecular formula is C50H31N9Ru. The topological polar surface area (TPSA) is 129 Å². The summed E-state index contributed by atoms with van der Waals surface area (Å²) in [5.74, 6) is 6.36. The largest absolute Gasteiger partial charge is 0.399 e. The fourth-order valence-electron chi connectivity index (χ4n) is 7.20. The van der Waals surface area contributed by atoms with Crippen molar-refractivity contribution in [1.29, 1.82) is 0 Å². The molecule has 0 amide bonds. The molecule has 0 aliphatic heterocycles. The first-order valence-electron chi connectivity index (χ1n) is 18.9. The van der Waals surface area contributed by atoms with Crippen molar-refractivity contribution in [3.8, 4) is 11.8 Å². The second kappa shape index (κ2) is 16.6. The molecule has 0 spiro atoms. The van der Waals surface area contributed by atoms with E-state index >= 15 is 0 Å². The number of fused-ring (bicyclic) bond motifs is 13. The zero-order valence-electron chi connectivity index (χ0n) is 31.8. The van der Waals surface area contributed by atoms with Crippen molar-refractivity contribution in [2.24, 2.45) is 0 Å². The first-order chi connectivity index (χ1) is 29.2. The van der Waals surface area contributed by atoms with E-state index in [4.69, 9.17) is 15.7 Å². The molecule has 284 valence electrons. The second-order valence-corrected chi connectivity index (χ2v) is 13.7. The Morgan fingerprint density at radius 2 is 0.733 bits per heavy atom. The molecule has 0 aliphatic rings. The quantitative estimate of drug-likeness (QED) is 0.0521. The number of nitrogens with two attached hydrogens (primary N) is 1. The maximum Gasteiger partial charge on any atom is 0.0996 e. The van der Waals surface area contributed by atoms with Crippen LogP contribution in [0, 0.1) is 11.8 Å². The third-order valence-electron chi connectivity index (χ3n) is 9.94. The summed E-state index contributed by atoms with van der Waals surface area (Å²) in [5.41, 5.74) is 17.1. The zero-order chi connectivity index (χ0) is 39.5. The molecule has 5 aromatic carbocycles. The van der Waals surface area contributed by atoms with Gasteiger partial charge in [0.2, 0.25) is 0 Å². The fraction of sp³-hybridized carbons (Fsp3) is 0. The minimum absolute atomic E-state index is 0. The van der Waals surface area contributed by atoms with E-state index in [9.17, 15) is 0 Å². The van der Waals surface area contributed by atoms with Crippen molar-refractivity contribution >= 4 is 93.2 Å². The van der Waals surface area contributed by atoms with E-state index < -0.39 is 0 Å². The summed E-state index contributed by atoms with van der Waals surface area (Å²) < 4.78 is 0. The number of nitrogen functional groups attached to an aromatic ring is 1. The number of rotatable bonds is 0. The third-order valence-corrected chi connectivity index (χ3v) is 9.94. The van der Waals surface area contributed by atoms with Crippen LogP contribution in [0.15, 0.2) is 177 Å². The Morgan fingerprint density at radius 1 is 0.333 bits per heavy atom. The van der Waals surface area contributed by atoms with Crippen LogP contribution in [0.5, 0.6) is 0 Å². The smallest absolute Gasteiger partial charge is 0.0996 e. The van der Waals surface area contributed by atoms with E-state index in [1.165, 1.54) is 0 Å². The van der Waals surface area contributed by atoms with E-state index in [0.29, 0.717) is 5.69 Å². The first-order valence-corrected chi connectivity index (χ1v) is 18.9. The van der Waals surface area contributed by atoms with Crippen LogP contribution in [0.4, 0.5) is 5.69 Å². The maximum atomic E-state index is 5.84. The number of nitrogens with zero attached hydrogens (tertiary/aromatic N) is 8. The van der Waals surface area contributed by atoms with Crippen molar-refractivity contribution in [3.63, 3.8) is 0 Å². The number of pyridine rings is 6. The van der Waals surface area contributed by atoms with E-state index in [1.807, 2.05) is 91.0 Å². The van der Waals surface area contributed by atoms with Crippen molar-refractivity contribution in [3.05, 3.63) is 188 Å². The molecule has 0 unspecified atom stereocenters. The monoisotopic (exact) mass is 859 g/mol. The summed E-state index contributed by atoms with van der Waals surface area (Å²) in [4.78, 5) is 36.4. The van der Waals surface area contributed by atoms with Crippen molar-refractivity contribution in [2.45, 2.75) is 0 Å². The predicted octanol–water partition coefficient (Wildman–Crippen LogP) is 10.4. The van der Waals surface area contributed by atoms with E-state index in [0.717, 1.165) is 98.6 Å². The van der Waals surface area contributed by atoms with Gasteiger partial charge in [0.1, 0.15) is 0 Å². The normalized spacial score (nSPS) is 10.8. The number of anilines is 1. The summed E-state index contributed by atoms with van der Waals surface area (Å²) in [6.45, 7) is 0. The van der Waals surface area contributed by atoms with Crippen LogP contribution in [0.2, 0.25) is 0 Å². The number of aromatic nitrogens is 8. The van der Waals surface area contributed by atoms with Gasteiger partial charge in [-0.05, 0) is 84.9 Å². The number of hydrogen-bond donors (Lipinski definition) is 1. The molecule has 10 heteroatoms. The molecule has 0 atom stereocenters. The standard InChI is InChI=1S/C26H15N5.2C12H8N2.Ru/c27-18-5-1-4-16(14-18)8-9-17-10-11-21-22(15-17)31-26-20-7-3-13-29-24(20)23-19(25(26)30-21)6-2-12-28-23;2*1-3-9-5-6-10-4-2-8-14-12(10)11(9)13-7-1;/h1-7,10-15H,27H2;2*1-8H;. The Balaban J connectivity index is 0.000000132. The van der Waals surface area contributed by atoms with Crippen LogP contribution >= 0.6 is 0 Å². The van der Waals surface area contributed by atoms with Crippen LogP contribution in [0.25, 0.3) is 87.5 Å². The van der Waals surface area contributed by atoms with Crippen LogP contribution in [0.1, 0.15) is 11.1 Å². The minimum Gasteiger partial charge on any atom is -0.399 e. The molecule has 60 heavy (non-hydrogen) atoms. The molecule has 2 N–H and O–H groups in total. The van der Waals surface area contributed by atoms with Gasteiger partial charge in [0, 0.05) is 106 Å². The minimum atomic E-state index is 0. The number of hydrogen-bond acceptors (Lipinski definition) is 9. The molecule has 0 radical (unpaired) electrons. The average Bonchev–Trinajstić information content (AvgIpc) is 3.31. The maximum absolute atomic E-state index is 5.84. The average molecular weight is 859 g/mol. The van der Waals surface area contributed by atoms with Crippen LogP contribution < -0.4 is 5.73 Å². The van der Waals surface area contributed by atoms with Gasteiger partial charge in [-0.1, -0.05) is 66.4 Å². The van der Waals surface area contributed by atoms with Crippen molar-refractivity contribution < 1.29 is 19.5 Å². The molecule has 0 saturated heterocycles. The fourth-order valence-corrected chi connectivity index (χ4v) is 7.20. The summed E-state index contributed by atoms with van der Waals surface area (Å²) in [6.07, 6.45) is 10.8. The van der Waals surface area contributed by atoms with Crippen LogP contribution in [-0.2, 0) is 19.5 Å². The van der Waals surface area contributed by atoms with Crippen LogP contribution in [0.3, 0.4) is 0 Å². The van der Waals surface area contributed by atoms with Gasteiger partial charge in [-0.3, -0.25) is 29.9 Å². The van der Waals surface area contributed by atoms with Crippen molar-refractivity contribution in [2.75, 3.05) is 5.73 Å². The van der Waals surface area contributed by atoms with Gasteiger partial charge in [0.15, 0.2) is 0 Å². The second-order valence-electron chi connectivity index (χ2n) is 13.7. The zero-order valence-corrected chi connectivity index (χ0v) is 33.5. The molecule has 9 nitrogen and oxygen atoms in total. The first kappa shape index (κ1) is 37.7. The van der Waals surface area contributed by atoms with Gasteiger partial charge in [-0.15, -0.1) is 0 Å². The Kier molecular flexibility index (Phi) is 10.4. The van der Waals surface area contributed by atoms with Gasteiger partial charge in [-0.2, -0.15) is 0 Å². The summed E-state index contributed by atoms with van der Waals surface area (Å²) in [5, 5.41) is 6.44. The third kappa shape index (κ3) is 7.37. The predicted molar refractivity (Wildman–Crippen MR) is 239 cm³/mol. The molecule has 7 aromatic heterocycles. The van der Waals surface area contributed by atoms with Crippen molar-refractivity contribution in [1.82, 2.24) is 39.9 Å². The Bertz CT molecular complexity index is 3400. The van der Waals surface area contributed by atoms with E-state index in [-0.39, 0.29) is 19.5 Å². The van der Waals surface area contributed by atoms with E-state index in [2.05, 4.69) is 90.3 Å². The molecule has 0 bridgehead atoms. The SMILES string of the molecule is Nc1cccc(C#Cc2ccc3nc4c5cccnc5c5ncccc5c4nc3c2)c1.[Ru].c1cnc2c(c1)ccc1cccnc12.c1cnc2c(c1)ccc1cccnc12. The summed E-state index contributed by atoms with van der Waals surface area (Å²) >= 11 is 0. The summed E-state index contributed by atoms with van der Waals surface area (Å²) in [6, 6.07) is 45.6. The molecule has 7 heterocycles. The van der Waals surface area contributed by atoms with Gasteiger partial charge in [-0.25, -0.2) is 9.97 Å². The summed E-state index contributed by atoms with van der Waals surface area (Å²) in [7, 11) is 0. The van der Waals surface area contributed by atoms with Gasteiger partial charge in [0.05, 0.1) is 55.2 Å². The van der Waals surface area contributed by atoms with E-state index in [1.54, 1.807) is 37.2 Å².